The highest BCUT2D eigenvalue weighted by Gasteiger charge is 2.32. The number of ether oxygens (including phenoxy) is 1. The predicted molar refractivity (Wildman–Crippen MR) is 132 cm³/mol. The third kappa shape index (κ3) is 7.45. The van der Waals surface area contributed by atoms with E-state index in [1.807, 2.05) is 24.3 Å². The standard InChI is InChI=1S/C25H33ClN2O4S/c1-25(2,3)21-9-11-23(12-10-21)32-15-13-27-24(29)20-7-5-14-28(17-20)33(30,31)18-19-6-4-8-22(26)16-19/h4,6,8-12,16,20H,5,7,13-15,17-18H2,1-3H3,(H,27,29)/t20-/m0/s1. The molecular weight excluding hydrogens is 460 g/mol. The monoisotopic (exact) mass is 492 g/mol. The number of carbonyl (C=O) groups is 1. The SMILES string of the molecule is CC(C)(C)c1ccc(OCCNC(=O)[C@H]2CCCN(S(=O)(=O)Cc3cccc(Cl)c3)C2)cc1. The molecule has 1 saturated heterocycles. The number of amides is 1. The number of hydrogen-bond donors (Lipinski definition) is 1. The Morgan fingerprint density at radius 2 is 1.91 bits per heavy atom. The summed E-state index contributed by atoms with van der Waals surface area (Å²) in [4.78, 5) is 12.6. The molecule has 1 aliphatic heterocycles. The lowest BCUT2D eigenvalue weighted by atomic mass is 9.87. The van der Waals surface area contributed by atoms with Crippen LogP contribution in [0, 0.1) is 5.92 Å². The van der Waals surface area contributed by atoms with E-state index in [-0.39, 0.29) is 29.5 Å². The first-order chi connectivity index (χ1) is 15.5. The minimum absolute atomic E-state index is 0.0853. The highest BCUT2D eigenvalue weighted by atomic mass is 35.5. The molecule has 1 N–H and O–H groups in total. The second-order valence-electron chi connectivity index (χ2n) is 9.50. The van der Waals surface area contributed by atoms with E-state index in [9.17, 15) is 13.2 Å². The van der Waals surface area contributed by atoms with Gasteiger partial charge in [0.1, 0.15) is 12.4 Å². The Bertz CT molecular complexity index is 1050. The van der Waals surface area contributed by atoms with Crippen LogP contribution in [0.1, 0.15) is 44.7 Å². The van der Waals surface area contributed by atoms with E-state index in [1.165, 1.54) is 9.87 Å². The summed E-state index contributed by atoms with van der Waals surface area (Å²) >= 11 is 5.98. The molecule has 8 heteroatoms. The van der Waals surface area contributed by atoms with Crippen molar-refractivity contribution < 1.29 is 17.9 Å². The molecule has 1 fully saturated rings. The van der Waals surface area contributed by atoms with Crippen LogP contribution in [0.25, 0.3) is 0 Å². The van der Waals surface area contributed by atoms with Crippen molar-refractivity contribution in [2.24, 2.45) is 5.92 Å². The lowest BCUT2D eigenvalue weighted by molar-refractivity contribution is -0.126. The fourth-order valence-electron chi connectivity index (χ4n) is 3.88. The summed E-state index contributed by atoms with van der Waals surface area (Å²) in [6.07, 6.45) is 1.33. The van der Waals surface area contributed by atoms with E-state index < -0.39 is 10.0 Å². The molecule has 33 heavy (non-hydrogen) atoms. The lowest BCUT2D eigenvalue weighted by Crippen LogP contribution is -2.46. The zero-order valence-electron chi connectivity index (χ0n) is 19.5. The molecule has 180 valence electrons. The van der Waals surface area contributed by atoms with Crippen LogP contribution in [0.15, 0.2) is 48.5 Å². The van der Waals surface area contributed by atoms with Crippen molar-refractivity contribution >= 4 is 27.5 Å². The Balaban J connectivity index is 1.46. The molecular formula is C25H33ClN2O4S. The van der Waals surface area contributed by atoms with Crippen LogP contribution >= 0.6 is 11.6 Å². The van der Waals surface area contributed by atoms with Crippen LogP contribution in [0.3, 0.4) is 0 Å². The molecule has 3 rings (SSSR count). The van der Waals surface area contributed by atoms with E-state index in [2.05, 4.69) is 26.1 Å². The maximum Gasteiger partial charge on any atom is 0.224 e. The summed E-state index contributed by atoms with van der Waals surface area (Å²) < 4.78 is 32.9. The van der Waals surface area contributed by atoms with Gasteiger partial charge in [-0.15, -0.1) is 0 Å². The summed E-state index contributed by atoms with van der Waals surface area (Å²) in [6, 6.07) is 14.8. The van der Waals surface area contributed by atoms with Gasteiger partial charge in [-0.05, 0) is 53.6 Å². The number of carbonyl (C=O) groups excluding carboxylic acids is 1. The van der Waals surface area contributed by atoms with Gasteiger partial charge in [-0.3, -0.25) is 4.79 Å². The summed E-state index contributed by atoms with van der Waals surface area (Å²) in [5.74, 6) is 0.139. The van der Waals surface area contributed by atoms with Crippen molar-refractivity contribution in [3.8, 4) is 5.75 Å². The molecule has 1 aliphatic rings. The van der Waals surface area contributed by atoms with Gasteiger partial charge in [0, 0.05) is 18.1 Å². The first kappa shape index (κ1) is 25.5. The molecule has 1 heterocycles. The van der Waals surface area contributed by atoms with Crippen molar-refractivity contribution in [1.29, 1.82) is 0 Å². The average Bonchev–Trinajstić information content (AvgIpc) is 2.76. The van der Waals surface area contributed by atoms with E-state index >= 15 is 0 Å². The first-order valence-corrected chi connectivity index (χ1v) is 13.3. The van der Waals surface area contributed by atoms with Crippen molar-refractivity contribution in [2.45, 2.75) is 44.8 Å². The molecule has 0 spiro atoms. The van der Waals surface area contributed by atoms with Gasteiger partial charge in [0.2, 0.25) is 15.9 Å². The number of rotatable bonds is 8. The minimum Gasteiger partial charge on any atom is -0.492 e. The molecule has 0 saturated carbocycles. The maximum absolute atomic E-state index is 12.9. The number of halogens is 1. The smallest absolute Gasteiger partial charge is 0.224 e. The fourth-order valence-corrected chi connectivity index (χ4v) is 5.69. The third-order valence-corrected chi connectivity index (χ3v) is 7.83. The van der Waals surface area contributed by atoms with Crippen molar-refractivity contribution in [1.82, 2.24) is 9.62 Å². The zero-order chi connectivity index (χ0) is 24.1. The van der Waals surface area contributed by atoms with E-state index in [0.717, 1.165) is 5.75 Å². The normalized spacial score (nSPS) is 17.5. The third-order valence-electron chi connectivity index (χ3n) is 5.78. The van der Waals surface area contributed by atoms with Crippen molar-refractivity contribution in [2.75, 3.05) is 26.2 Å². The van der Waals surface area contributed by atoms with Crippen molar-refractivity contribution in [3.05, 3.63) is 64.7 Å². The predicted octanol–water partition coefficient (Wildman–Crippen LogP) is 4.37. The number of hydrogen-bond acceptors (Lipinski definition) is 4. The van der Waals surface area contributed by atoms with E-state index in [1.54, 1.807) is 24.3 Å². The maximum atomic E-state index is 12.9. The Kier molecular flexibility index (Phi) is 8.43. The second kappa shape index (κ2) is 10.9. The highest BCUT2D eigenvalue weighted by molar-refractivity contribution is 7.88. The number of nitrogens with zero attached hydrogens (tertiary/aromatic N) is 1. The Morgan fingerprint density at radius 1 is 1.18 bits per heavy atom. The molecule has 6 nitrogen and oxygen atoms in total. The lowest BCUT2D eigenvalue weighted by Gasteiger charge is -2.31. The van der Waals surface area contributed by atoms with Crippen LogP contribution in [0.4, 0.5) is 0 Å². The zero-order valence-corrected chi connectivity index (χ0v) is 21.1. The summed E-state index contributed by atoms with van der Waals surface area (Å²) in [7, 11) is -3.52. The van der Waals surface area contributed by atoms with Crippen LogP contribution in [0.5, 0.6) is 5.75 Å². The average molecular weight is 493 g/mol. The first-order valence-electron chi connectivity index (χ1n) is 11.3. The molecule has 1 atom stereocenters. The van der Waals surface area contributed by atoms with Gasteiger partial charge in [-0.1, -0.05) is 56.6 Å². The van der Waals surface area contributed by atoms with Gasteiger partial charge >= 0.3 is 0 Å². The molecule has 0 aromatic heterocycles. The van der Waals surface area contributed by atoms with Crippen molar-refractivity contribution in [3.63, 3.8) is 0 Å². The van der Waals surface area contributed by atoms with E-state index in [0.29, 0.717) is 43.1 Å². The van der Waals surface area contributed by atoms with Gasteiger partial charge in [0.25, 0.3) is 0 Å². The van der Waals surface area contributed by atoms with Gasteiger partial charge in [0.05, 0.1) is 18.2 Å². The largest absolute Gasteiger partial charge is 0.492 e. The van der Waals surface area contributed by atoms with Gasteiger partial charge < -0.3 is 10.1 Å². The van der Waals surface area contributed by atoms with Gasteiger partial charge in [-0.25, -0.2) is 12.7 Å². The highest BCUT2D eigenvalue weighted by Crippen LogP contribution is 2.25. The van der Waals surface area contributed by atoms with Crippen LogP contribution < -0.4 is 10.1 Å². The van der Waals surface area contributed by atoms with Crippen LogP contribution in [-0.2, 0) is 26.0 Å². The summed E-state index contributed by atoms with van der Waals surface area (Å²) in [5.41, 5.74) is 1.96. The quantitative estimate of drug-likeness (QED) is 0.555. The Labute approximate surface area is 202 Å². The number of nitrogens with one attached hydrogen (secondary N) is 1. The number of benzene rings is 2. The molecule has 2 aromatic rings. The van der Waals surface area contributed by atoms with Crippen LogP contribution in [-0.4, -0.2) is 44.9 Å². The molecule has 0 unspecified atom stereocenters. The number of piperidine rings is 1. The minimum atomic E-state index is -3.52. The van der Waals surface area contributed by atoms with E-state index in [4.69, 9.17) is 16.3 Å². The van der Waals surface area contributed by atoms with Crippen LogP contribution in [0.2, 0.25) is 5.02 Å². The van der Waals surface area contributed by atoms with Gasteiger partial charge in [0.15, 0.2) is 0 Å². The summed E-state index contributed by atoms with van der Waals surface area (Å²) in [5, 5.41) is 3.39. The second-order valence-corrected chi connectivity index (χ2v) is 11.9. The van der Waals surface area contributed by atoms with Gasteiger partial charge in [-0.2, -0.15) is 0 Å². The molecule has 2 aromatic carbocycles. The Morgan fingerprint density at radius 3 is 2.58 bits per heavy atom. The molecule has 0 radical (unpaired) electrons. The topological polar surface area (TPSA) is 75.7 Å². The molecule has 0 aliphatic carbocycles. The number of sulfonamides is 1. The molecule has 0 bridgehead atoms. The molecule has 1 amide bonds. The fraction of sp³-hybridized carbons (Fsp3) is 0.480. The summed E-state index contributed by atoms with van der Waals surface area (Å²) in [6.45, 7) is 7.83. The Hall–Kier alpha value is -2.09.